The first-order valence-electron chi connectivity index (χ1n) is 2.94. The zero-order valence-corrected chi connectivity index (χ0v) is 7.54. The van der Waals surface area contributed by atoms with E-state index < -0.39 is 6.49 Å². The highest BCUT2D eigenvalue weighted by atomic mass is 32.4. The summed E-state index contributed by atoms with van der Waals surface area (Å²) in [6.45, 7) is -0.619. The summed E-state index contributed by atoms with van der Waals surface area (Å²) in [6, 6.07) is 0. The van der Waals surface area contributed by atoms with Crippen LogP contribution in [0.25, 0.3) is 0 Å². The van der Waals surface area contributed by atoms with E-state index in [0.29, 0.717) is 6.42 Å². The van der Waals surface area contributed by atoms with E-state index in [2.05, 4.69) is 16.9 Å². The van der Waals surface area contributed by atoms with Gasteiger partial charge in [-0.15, -0.1) is 0 Å². The monoisotopic (exact) mass is 181 g/mol. The molecule has 0 aromatic rings. The van der Waals surface area contributed by atoms with Crippen molar-refractivity contribution in [2.75, 3.05) is 0 Å². The van der Waals surface area contributed by atoms with Crippen LogP contribution >= 0.6 is 6.49 Å². The molecule has 0 radical (unpaired) electrons. The number of nitrogens with two attached hydrogens (primary N) is 2. The molecule has 0 unspecified atom stereocenters. The highest BCUT2D eigenvalue weighted by molar-refractivity contribution is 8.11. The van der Waals surface area contributed by atoms with Crippen molar-refractivity contribution >= 4 is 24.2 Å². The molecule has 0 saturated carbocycles. The molecule has 0 bridgehead atoms. The Morgan fingerprint density at radius 2 is 2.20 bits per heavy atom. The molecule has 0 aliphatic heterocycles. The van der Waals surface area contributed by atoms with E-state index in [1.54, 1.807) is 0 Å². The number of rotatable bonds is 3. The van der Waals surface area contributed by atoms with E-state index in [1.165, 1.54) is 0 Å². The van der Waals surface area contributed by atoms with Crippen LogP contribution in [-0.2, 0) is 16.6 Å². The van der Waals surface area contributed by atoms with E-state index in [1.807, 2.05) is 6.92 Å². The molecule has 0 saturated heterocycles. The summed E-state index contributed by atoms with van der Waals surface area (Å²) in [5.74, 6) is -0.157. The molecule has 10 heavy (non-hydrogen) atoms. The van der Waals surface area contributed by atoms with Gasteiger partial charge in [0.15, 0.2) is 6.49 Å². The molecule has 6 heteroatoms. The average Bonchev–Trinajstić information content (AvgIpc) is 1.59. The third-order valence-corrected chi connectivity index (χ3v) is 1.65. The summed E-state index contributed by atoms with van der Waals surface area (Å²) in [7, 11) is 0. The van der Waals surface area contributed by atoms with Crippen LogP contribution in [0.1, 0.15) is 19.8 Å². The van der Waals surface area contributed by atoms with Crippen LogP contribution in [0.5, 0.6) is 0 Å². The number of amides is 1. The van der Waals surface area contributed by atoms with Crippen molar-refractivity contribution in [3.8, 4) is 0 Å². The Hall–Kier alpha value is 0.0400. The largest absolute Gasteiger partial charge is 0.306 e. The van der Waals surface area contributed by atoms with Crippen molar-refractivity contribution in [1.29, 1.82) is 0 Å². The fourth-order valence-corrected chi connectivity index (χ4v) is 1.28. The molecule has 1 amide bonds. The van der Waals surface area contributed by atoms with Crippen LogP contribution in [0.4, 0.5) is 0 Å². The molecule has 0 rings (SSSR count). The first kappa shape index (κ1) is 10.0. The van der Waals surface area contributed by atoms with Crippen LogP contribution in [0.3, 0.4) is 0 Å². The van der Waals surface area contributed by atoms with Gasteiger partial charge in [0.25, 0.3) is 0 Å². The van der Waals surface area contributed by atoms with E-state index in [4.69, 9.17) is 11.0 Å². The smallest absolute Gasteiger partial charge is 0.225 e. The van der Waals surface area contributed by atoms with Gasteiger partial charge in [0.1, 0.15) is 0 Å². The molecule has 0 aromatic heterocycles. The van der Waals surface area contributed by atoms with Crippen molar-refractivity contribution in [1.82, 2.24) is 5.09 Å². The molecule has 0 spiro atoms. The number of carbonyl (C=O) groups is 1. The van der Waals surface area contributed by atoms with Crippen LogP contribution in [0.2, 0.25) is 0 Å². The molecule has 0 heterocycles. The van der Waals surface area contributed by atoms with Gasteiger partial charge < -0.3 is 5.09 Å². The van der Waals surface area contributed by atoms with E-state index in [0.717, 1.165) is 6.42 Å². The van der Waals surface area contributed by atoms with E-state index in [-0.39, 0.29) is 5.91 Å². The summed E-state index contributed by atoms with van der Waals surface area (Å²) < 4.78 is 0. The van der Waals surface area contributed by atoms with Gasteiger partial charge in [0.05, 0.1) is 0 Å². The molecule has 0 aliphatic carbocycles. The van der Waals surface area contributed by atoms with Gasteiger partial charge in [-0.25, -0.2) is 0 Å². The predicted octanol–water partition coefficient (Wildman–Crippen LogP) is 0.0446. The van der Waals surface area contributed by atoms with E-state index >= 15 is 0 Å². The Morgan fingerprint density at radius 1 is 1.70 bits per heavy atom. The first-order valence-corrected chi connectivity index (χ1v) is 5.88. The second-order valence-corrected chi connectivity index (χ2v) is 5.45. The van der Waals surface area contributed by atoms with Crippen molar-refractivity contribution in [2.45, 2.75) is 19.8 Å². The van der Waals surface area contributed by atoms with Gasteiger partial charge in [0.2, 0.25) is 5.91 Å². The molecule has 4 nitrogen and oxygen atoms in total. The minimum atomic E-state index is -2.52. The maximum atomic E-state index is 10.7. The van der Waals surface area contributed by atoms with Crippen LogP contribution in [0, 0.1) is 0 Å². The lowest BCUT2D eigenvalue weighted by atomic mass is 10.3. The summed E-state index contributed by atoms with van der Waals surface area (Å²) in [5.41, 5.74) is 10.5. The lowest BCUT2D eigenvalue weighted by Crippen LogP contribution is -2.27. The molecule has 0 aliphatic rings. The highest BCUT2D eigenvalue weighted by Gasteiger charge is 2.06. The average molecular weight is 181 g/mol. The molecule has 0 fully saturated rings. The Morgan fingerprint density at radius 3 is 2.50 bits per heavy atom. The Labute approximate surface area is 65.5 Å². The van der Waals surface area contributed by atoms with Gasteiger partial charge in [0, 0.05) is 6.42 Å². The van der Waals surface area contributed by atoms with Gasteiger partial charge >= 0.3 is 0 Å². The van der Waals surface area contributed by atoms with Crippen molar-refractivity contribution < 1.29 is 4.79 Å². The lowest BCUT2D eigenvalue weighted by Gasteiger charge is -2.10. The van der Waals surface area contributed by atoms with Crippen molar-refractivity contribution in [3.63, 3.8) is 0 Å². The summed E-state index contributed by atoms with van der Waals surface area (Å²) in [5, 5.41) is 2.36. The molecule has 5 N–H and O–H groups in total. The van der Waals surface area contributed by atoms with E-state index in [9.17, 15) is 4.79 Å². The fraction of sp³-hybridized carbons (Fsp3) is 0.750. The number of hydrogen-bond donors (Lipinski definition) is 3. The SMILES string of the molecule is CCCC(=O)NP(N)(N)=S. The topological polar surface area (TPSA) is 81.1 Å². The molecular formula is C4H12N3OPS. The van der Waals surface area contributed by atoms with Crippen molar-refractivity contribution in [2.24, 2.45) is 11.0 Å². The maximum Gasteiger partial charge on any atom is 0.225 e. The normalized spacial score (nSPS) is 11.1. The van der Waals surface area contributed by atoms with Crippen LogP contribution < -0.4 is 16.1 Å². The van der Waals surface area contributed by atoms with Crippen molar-refractivity contribution in [3.05, 3.63) is 0 Å². The predicted molar refractivity (Wildman–Crippen MR) is 45.7 cm³/mol. The van der Waals surface area contributed by atoms with Crippen LogP contribution in [0.15, 0.2) is 0 Å². The highest BCUT2D eigenvalue weighted by Crippen LogP contribution is 2.17. The fourth-order valence-electron chi connectivity index (χ4n) is 0.478. The third-order valence-electron chi connectivity index (χ3n) is 0.777. The molecule has 60 valence electrons. The van der Waals surface area contributed by atoms with Gasteiger partial charge in [-0.3, -0.25) is 15.8 Å². The minimum Gasteiger partial charge on any atom is -0.306 e. The summed E-state index contributed by atoms with van der Waals surface area (Å²) in [6.07, 6.45) is 1.22. The quantitative estimate of drug-likeness (QED) is 0.537. The minimum absolute atomic E-state index is 0.157. The molecule has 0 aromatic carbocycles. The summed E-state index contributed by atoms with van der Waals surface area (Å²) in [4.78, 5) is 10.7. The van der Waals surface area contributed by atoms with Gasteiger partial charge in [-0.1, -0.05) is 6.92 Å². The first-order chi connectivity index (χ1) is 4.45. The molecular weight excluding hydrogens is 169 g/mol. The standard InChI is InChI=1S/C4H12N3OPS/c1-2-3-4(8)7-9(5,6)10/h2-3H2,1H3,(H5,5,6,7,8,10). The second-order valence-electron chi connectivity index (χ2n) is 1.99. The number of nitrogens with one attached hydrogen (secondary N) is 1. The maximum absolute atomic E-state index is 10.7. The zero-order chi connectivity index (χ0) is 8.20. The number of hydrogen-bond acceptors (Lipinski definition) is 2. The zero-order valence-electron chi connectivity index (χ0n) is 5.83. The lowest BCUT2D eigenvalue weighted by molar-refractivity contribution is -0.119. The molecule has 0 atom stereocenters. The second kappa shape index (κ2) is 4.03. The Bertz CT molecular complexity index is 166. The summed E-state index contributed by atoms with van der Waals surface area (Å²) >= 11 is 4.61. The van der Waals surface area contributed by atoms with Gasteiger partial charge in [-0.2, -0.15) is 0 Å². The Kier molecular flexibility index (Phi) is 4.05. The number of carbonyl (C=O) groups excluding carboxylic acids is 1. The third kappa shape index (κ3) is 6.16. The van der Waals surface area contributed by atoms with Crippen LogP contribution in [-0.4, -0.2) is 5.91 Å². The Balaban J connectivity index is 3.70. The van der Waals surface area contributed by atoms with Gasteiger partial charge in [-0.05, 0) is 18.2 Å².